The Balaban J connectivity index is 1.57. The van der Waals surface area contributed by atoms with E-state index in [2.05, 4.69) is 0 Å². The van der Waals surface area contributed by atoms with Crippen LogP contribution in [0.1, 0.15) is 26.3 Å². The minimum absolute atomic E-state index is 0.00592. The highest BCUT2D eigenvalue weighted by molar-refractivity contribution is 6.14. The molecule has 10 heteroatoms. The first kappa shape index (κ1) is 23.3. The number of hydrogen-bond acceptors (Lipinski definition) is 9. The van der Waals surface area contributed by atoms with Crippen LogP contribution in [-0.2, 0) is 0 Å². The zero-order valence-electron chi connectivity index (χ0n) is 18.9. The summed E-state index contributed by atoms with van der Waals surface area (Å²) in [5, 5.41) is 11.0. The molecule has 0 amide bonds. The van der Waals surface area contributed by atoms with E-state index in [-0.39, 0.29) is 45.6 Å². The topological polar surface area (TPSA) is 123 Å². The predicted octanol–water partition coefficient (Wildman–Crippen LogP) is 4.46. The van der Waals surface area contributed by atoms with E-state index in [0.717, 1.165) is 0 Å². The number of nitro benzene ring substituents is 1. The fourth-order valence-electron chi connectivity index (χ4n) is 3.48. The van der Waals surface area contributed by atoms with Gasteiger partial charge in [-0.3, -0.25) is 14.9 Å². The molecule has 1 heterocycles. The molecule has 35 heavy (non-hydrogen) atoms. The Bertz CT molecular complexity index is 1350. The summed E-state index contributed by atoms with van der Waals surface area (Å²) in [7, 11) is 4.31. The van der Waals surface area contributed by atoms with Gasteiger partial charge in [-0.15, -0.1) is 0 Å². The molecule has 3 aromatic carbocycles. The van der Waals surface area contributed by atoms with Gasteiger partial charge >= 0.3 is 5.97 Å². The van der Waals surface area contributed by atoms with Crippen molar-refractivity contribution in [3.8, 4) is 28.7 Å². The largest absolute Gasteiger partial charge is 0.493 e. The van der Waals surface area contributed by atoms with Crippen LogP contribution in [0.4, 0.5) is 5.69 Å². The quantitative estimate of drug-likeness (QED) is 0.160. The van der Waals surface area contributed by atoms with E-state index in [1.807, 2.05) is 0 Å². The lowest BCUT2D eigenvalue weighted by atomic mass is 10.1. The maximum absolute atomic E-state index is 12.8. The third kappa shape index (κ3) is 4.62. The molecule has 1 aliphatic heterocycles. The SMILES string of the molecule is COc1cc(C(=O)Oc2ccc3c(c2)OC(=Cc2cccc([N+](=O)[O-])c2)C3=O)cc(OC)c1OC. The van der Waals surface area contributed by atoms with E-state index in [1.54, 1.807) is 6.07 Å². The van der Waals surface area contributed by atoms with Gasteiger partial charge in [0.05, 0.1) is 37.4 Å². The van der Waals surface area contributed by atoms with Crippen LogP contribution in [0.5, 0.6) is 28.7 Å². The summed E-state index contributed by atoms with van der Waals surface area (Å²) in [6.07, 6.45) is 1.41. The van der Waals surface area contributed by atoms with E-state index < -0.39 is 16.7 Å². The van der Waals surface area contributed by atoms with Crippen LogP contribution >= 0.6 is 0 Å². The summed E-state index contributed by atoms with van der Waals surface area (Å²) in [5.74, 6) is 0.159. The number of methoxy groups -OCH3 is 3. The van der Waals surface area contributed by atoms with E-state index in [4.69, 9.17) is 23.7 Å². The monoisotopic (exact) mass is 477 g/mol. The molecular weight excluding hydrogens is 458 g/mol. The molecule has 0 aromatic heterocycles. The van der Waals surface area contributed by atoms with Crippen LogP contribution in [-0.4, -0.2) is 38.0 Å². The molecule has 10 nitrogen and oxygen atoms in total. The summed E-state index contributed by atoms with van der Waals surface area (Å²) in [4.78, 5) is 35.9. The number of ether oxygens (including phenoxy) is 5. The lowest BCUT2D eigenvalue weighted by molar-refractivity contribution is -0.384. The summed E-state index contributed by atoms with van der Waals surface area (Å²) in [5.41, 5.74) is 0.755. The first-order valence-corrected chi connectivity index (χ1v) is 10.2. The highest BCUT2D eigenvalue weighted by Crippen LogP contribution is 2.39. The molecule has 0 spiro atoms. The normalized spacial score (nSPS) is 13.1. The Kier molecular flexibility index (Phi) is 6.36. The number of carbonyl (C=O) groups is 2. The van der Waals surface area contributed by atoms with Crippen LogP contribution < -0.4 is 23.7 Å². The summed E-state index contributed by atoms with van der Waals surface area (Å²) in [6, 6.07) is 13.1. The standard InChI is InChI=1S/C25H19NO9/c1-31-21-11-15(12-22(32-2)24(21)33-3)25(28)34-17-7-8-18-19(13-17)35-20(23(18)27)10-14-5-4-6-16(9-14)26(29)30/h4-13H,1-3H3. The van der Waals surface area contributed by atoms with Crippen molar-refractivity contribution >= 4 is 23.5 Å². The molecule has 1 aliphatic rings. The third-order valence-corrected chi connectivity index (χ3v) is 5.13. The zero-order chi connectivity index (χ0) is 25.1. The molecular formula is C25H19NO9. The number of nitro groups is 1. The summed E-state index contributed by atoms with van der Waals surface area (Å²) in [6.45, 7) is 0. The van der Waals surface area contributed by atoms with Crippen LogP contribution in [0.15, 0.2) is 60.4 Å². The van der Waals surface area contributed by atoms with Gasteiger partial charge in [-0.25, -0.2) is 4.79 Å². The molecule has 0 atom stereocenters. The maximum Gasteiger partial charge on any atom is 0.343 e. The minimum atomic E-state index is -0.694. The number of Topliss-reactive ketones (excluding diaryl/α,β-unsaturated/α-hetero) is 1. The molecule has 0 N–H and O–H groups in total. The Morgan fingerprint density at radius 2 is 1.69 bits per heavy atom. The van der Waals surface area contributed by atoms with E-state index in [9.17, 15) is 19.7 Å². The molecule has 0 radical (unpaired) electrons. The molecule has 0 unspecified atom stereocenters. The third-order valence-electron chi connectivity index (χ3n) is 5.13. The first-order chi connectivity index (χ1) is 16.8. The molecule has 0 fully saturated rings. The van der Waals surface area contributed by atoms with Crippen LogP contribution in [0.2, 0.25) is 0 Å². The predicted molar refractivity (Wildman–Crippen MR) is 124 cm³/mol. The fourth-order valence-corrected chi connectivity index (χ4v) is 3.48. The molecule has 0 bridgehead atoms. The summed E-state index contributed by atoms with van der Waals surface area (Å²) < 4.78 is 26.9. The smallest absolute Gasteiger partial charge is 0.343 e. The number of benzene rings is 3. The first-order valence-electron chi connectivity index (χ1n) is 10.2. The van der Waals surface area contributed by atoms with E-state index in [1.165, 1.54) is 75.9 Å². The number of fused-ring (bicyclic) bond motifs is 1. The van der Waals surface area contributed by atoms with Gasteiger partial charge in [0, 0.05) is 18.2 Å². The summed E-state index contributed by atoms with van der Waals surface area (Å²) >= 11 is 0. The zero-order valence-corrected chi connectivity index (χ0v) is 18.9. The van der Waals surface area contributed by atoms with Crippen molar-refractivity contribution in [3.63, 3.8) is 0 Å². The lowest BCUT2D eigenvalue weighted by Crippen LogP contribution is -2.09. The second kappa shape index (κ2) is 9.56. The minimum Gasteiger partial charge on any atom is -0.493 e. The van der Waals surface area contributed by atoms with Gasteiger partial charge in [0.2, 0.25) is 11.5 Å². The van der Waals surface area contributed by atoms with Gasteiger partial charge in [0.1, 0.15) is 11.5 Å². The van der Waals surface area contributed by atoms with Gasteiger partial charge in [-0.2, -0.15) is 0 Å². The number of hydrogen-bond donors (Lipinski definition) is 0. The van der Waals surface area contributed by atoms with Crippen LogP contribution in [0.3, 0.4) is 0 Å². The van der Waals surface area contributed by atoms with Crippen LogP contribution in [0.25, 0.3) is 6.08 Å². The van der Waals surface area contributed by atoms with Crippen molar-refractivity contribution in [3.05, 3.63) is 87.2 Å². The van der Waals surface area contributed by atoms with Crippen molar-refractivity contribution in [2.45, 2.75) is 0 Å². The van der Waals surface area contributed by atoms with Gasteiger partial charge in [0.15, 0.2) is 17.3 Å². The second-order valence-corrected chi connectivity index (χ2v) is 7.25. The van der Waals surface area contributed by atoms with Crippen molar-refractivity contribution < 1.29 is 38.2 Å². The number of rotatable bonds is 7. The average molecular weight is 477 g/mol. The van der Waals surface area contributed by atoms with Crippen molar-refractivity contribution in [2.75, 3.05) is 21.3 Å². The molecule has 3 aromatic rings. The maximum atomic E-state index is 12.8. The van der Waals surface area contributed by atoms with Gasteiger partial charge < -0.3 is 23.7 Å². The molecule has 0 saturated heterocycles. The Labute approximate surface area is 199 Å². The Morgan fingerprint density at radius 3 is 2.31 bits per heavy atom. The van der Waals surface area contributed by atoms with Gasteiger partial charge in [-0.1, -0.05) is 12.1 Å². The molecule has 4 rings (SSSR count). The highest BCUT2D eigenvalue weighted by atomic mass is 16.6. The molecule has 0 saturated carbocycles. The van der Waals surface area contributed by atoms with Crippen molar-refractivity contribution in [1.29, 1.82) is 0 Å². The average Bonchev–Trinajstić information content (AvgIpc) is 3.17. The lowest BCUT2D eigenvalue weighted by Gasteiger charge is -2.13. The highest BCUT2D eigenvalue weighted by Gasteiger charge is 2.28. The van der Waals surface area contributed by atoms with Gasteiger partial charge in [0.25, 0.3) is 5.69 Å². The number of nitrogens with zero attached hydrogens (tertiary/aromatic N) is 1. The number of ketones is 1. The Hall–Kier alpha value is -4.86. The van der Waals surface area contributed by atoms with Crippen molar-refractivity contribution in [2.24, 2.45) is 0 Å². The molecule has 178 valence electrons. The van der Waals surface area contributed by atoms with Crippen LogP contribution in [0, 0.1) is 10.1 Å². The fraction of sp³-hybridized carbons (Fsp3) is 0.120. The number of allylic oxidation sites excluding steroid dienone is 1. The number of carbonyl (C=O) groups excluding carboxylic acids is 2. The Morgan fingerprint density at radius 1 is 0.971 bits per heavy atom. The van der Waals surface area contributed by atoms with E-state index in [0.29, 0.717) is 11.3 Å². The van der Waals surface area contributed by atoms with Crippen molar-refractivity contribution in [1.82, 2.24) is 0 Å². The second-order valence-electron chi connectivity index (χ2n) is 7.25. The number of non-ortho nitro benzene ring substituents is 1. The van der Waals surface area contributed by atoms with Gasteiger partial charge in [-0.05, 0) is 35.9 Å². The number of esters is 1. The molecule has 0 aliphatic carbocycles. The van der Waals surface area contributed by atoms with E-state index >= 15 is 0 Å².